The lowest BCUT2D eigenvalue weighted by molar-refractivity contribution is 0.0991. The summed E-state index contributed by atoms with van der Waals surface area (Å²) in [6.07, 6.45) is 6.37. The van der Waals surface area contributed by atoms with Gasteiger partial charge in [0.15, 0.2) is 5.82 Å². The minimum Gasteiger partial charge on any atom is -0.495 e. The monoisotopic (exact) mass is 815 g/mol. The number of amides is 3. The molecule has 7 rings (SSSR count). The summed E-state index contributed by atoms with van der Waals surface area (Å²) in [5, 5.41) is 13.4. The number of carbonyl (C=O) groups excluding carboxylic acids is 3. The molecule has 0 unspecified atom stereocenters. The lowest BCUT2D eigenvalue weighted by atomic mass is 10.1. The van der Waals surface area contributed by atoms with Crippen molar-refractivity contribution in [2.45, 2.75) is 60.3 Å². The Morgan fingerprint density at radius 1 is 0.817 bits per heavy atom. The van der Waals surface area contributed by atoms with Gasteiger partial charge in [-0.3, -0.25) is 29.1 Å². The highest BCUT2D eigenvalue weighted by molar-refractivity contribution is 6.12. The molecule has 0 radical (unpaired) electrons. The molecule has 18 nitrogen and oxygen atoms in total. The number of benzene rings is 2. The van der Waals surface area contributed by atoms with Crippen LogP contribution in [0, 0.1) is 13.8 Å². The minimum absolute atomic E-state index is 0.223. The third kappa shape index (κ3) is 8.00. The van der Waals surface area contributed by atoms with Gasteiger partial charge in [0, 0.05) is 60.8 Å². The number of imidazole rings is 1. The molecule has 0 saturated heterocycles. The van der Waals surface area contributed by atoms with Gasteiger partial charge in [-0.25, -0.2) is 15.0 Å². The van der Waals surface area contributed by atoms with Crippen molar-refractivity contribution in [1.82, 2.24) is 48.5 Å². The fourth-order valence-corrected chi connectivity index (χ4v) is 7.34. The van der Waals surface area contributed by atoms with Gasteiger partial charge >= 0.3 is 0 Å². The summed E-state index contributed by atoms with van der Waals surface area (Å²) < 4.78 is 19.4. The Kier molecular flexibility index (Phi) is 11.7. The second kappa shape index (κ2) is 17.0. The molecule has 5 N–H and O–H groups in total. The van der Waals surface area contributed by atoms with Crippen LogP contribution in [0.3, 0.4) is 0 Å². The average molecular weight is 816 g/mol. The van der Waals surface area contributed by atoms with E-state index in [1.54, 1.807) is 41.2 Å². The number of hydrogen-bond donors (Lipinski definition) is 3. The molecule has 0 bridgehead atoms. The predicted octanol–water partition coefficient (Wildman–Crippen LogP) is 4.70. The van der Waals surface area contributed by atoms with E-state index in [0.29, 0.717) is 87.9 Å². The maximum absolute atomic E-state index is 13.8. The van der Waals surface area contributed by atoms with Crippen LogP contribution in [-0.4, -0.2) is 101 Å². The van der Waals surface area contributed by atoms with Gasteiger partial charge in [-0.2, -0.15) is 10.2 Å². The summed E-state index contributed by atoms with van der Waals surface area (Å²) in [6.45, 7) is 10.5. The first-order chi connectivity index (χ1) is 28.8. The number of hydrogen-bond acceptors (Lipinski definition) is 11. The van der Waals surface area contributed by atoms with E-state index in [1.807, 2.05) is 73.8 Å². The molecule has 312 valence electrons. The van der Waals surface area contributed by atoms with Crippen LogP contribution in [0.2, 0.25) is 0 Å². The number of aromatic nitrogens is 9. The largest absolute Gasteiger partial charge is 0.495 e. The summed E-state index contributed by atoms with van der Waals surface area (Å²) in [7, 11) is 5.50. The lowest BCUT2D eigenvalue weighted by Gasteiger charge is -2.14. The highest BCUT2D eigenvalue weighted by Gasteiger charge is 2.23. The van der Waals surface area contributed by atoms with Gasteiger partial charge in [0.25, 0.3) is 5.91 Å². The van der Waals surface area contributed by atoms with Gasteiger partial charge in [-0.05, 0) is 84.6 Å². The number of nitrogens with zero attached hydrogens (tertiary/aromatic N) is 10. The molecule has 5 aromatic heterocycles. The molecule has 0 saturated carbocycles. The summed E-state index contributed by atoms with van der Waals surface area (Å²) in [6, 6.07) is 10.2. The van der Waals surface area contributed by atoms with E-state index >= 15 is 0 Å². The topological polar surface area (TPSA) is 221 Å². The normalized spacial score (nSPS) is 11.8. The van der Waals surface area contributed by atoms with Crippen molar-refractivity contribution in [2.24, 2.45) is 11.5 Å². The van der Waals surface area contributed by atoms with Gasteiger partial charge in [0.05, 0.1) is 36.1 Å². The summed E-state index contributed by atoms with van der Waals surface area (Å²) in [4.78, 5) is 55.3. The Morgan fingerprint density at radius 3 is 2.17 bits per heavy atom. The summed E-state index contributed by atoms with van der Waals surface area (Å²) >= 11 is 0. The molecule has 0 aliphatic rings. The smallest absolute Gasteiger partial charge is 0.276 e. The lowest BCUT2D eigenvalue weighted by Crippen LogP contribution is -2.20. The number of methoxy groups -OCH3 is 1. The number of allylic oxidation sites excluding steroid dienone is 2. The molecular formula is C42H49N13O5. The number of nitrogens with one attached hydrogen (secondary N) is 1. The van der Waals surface area contributed by atoms with E-state index in [-0.39, 0.29) is 23.6 Å². The number of aryl methyl sites for hydroxylation is 4. The first kappa shape index (κ1) is 41.1. The molecule has 7 aromatic rings. The van der Waals surface area contributed by atoms with Crippen molar-refractivity contribution in [3.05, 3.63) is 83.0 Å². The Morgan fingerprint density at radius 2 is 1.48 bits per heavy atom. The molecule has 0 spiro atoms. The van der Waals surface area contributed by atoms with Crippen LogP contribution in [0.15, 0.2) is 54.7 Å². The summed E-state index contributed by atoms with van der Waals surface area (Å²) in [5.74, 6) is -0.0579. The Hall–Kier alpha value is -7.08. The standard InChI is InChI=1S/C42H49N13O5/c1-8-54-31(17-24(3)49-54)39-45-23-29-28-19-26(37(43)56)21-33(59-7)35(28)52(40(29)47-39)14-10-11-15-53-36-30(20-27(38(44)57)22-34(36)60-16-12-13-51(5)6)46-42(53)48-41(58)32-18-25(4)50-55(32)9-2/h10-11,17-23H,8-9,12-16H2,1-7H3,(H2,43,56)(H2,44,57)(H,46,48,58)/b11-10+. The van der Waals surface area contributed by atoms with Crippen LogP contribution in [0.4, 0.5) is 5.95 Å². The molecule has 3 amide bonds. The van der Waals surface area contributed by atoms with Crippen LogP contribution < -0.4 is 26.3 Å². The molecule has 5 heterocycles. The van der Waals surface area contributed by atoms with Crippen LogP contribution in [-0.2, 0) is 26.2 Å². The molecule has 0 atom stereocenters. The fraction of sp³-hybridized carbons (Fsp3) is 0.333. The van der Waals surface area contributed by atoms with E-state index < -0.39 is 17.7 Å². The van der Waals surface area contributed by atoms with Crippen molar-refractivity contribution in [3.8, 4) is 23.0 Å². The third-order valence-electron chi connectivity index (χ3n) is 10.1. The first-order valence-electron chi connectivity index (χ1n) is 19.7. The zero-order valence-corrected chi connectivity index (χ0v) is 34.8. The molecule has 0 aliphatic heterocycles. The zero-order valence-electron chi connectivity index (χ0n) is 34.8. The van der Waals surface area contributed by atoms with Crippen molar-refractivity contribution in [3.63, 3.8) is 0 Å². The van der Waals surface area contributed by atoms with Crippen LogP contribution in [0.5, 0.6) is 11.5 Å². The van der Waals surface area contributed by atoms with Gasteiger partial charge < -0.3 is 35.0 Å². The predicted molar refractivity (Wildman–Crippen MR) is 228 cm³/mol. The van der Waals surface area contributed by atoms with Crippen molar-refractivity contribution >= 4 is 56.6 Å². The first-order valence-corrected chi connectivity index (χ1v) is 19.7. The fourth-order valence-electron chi connectivity index (χ4n) is 7.34. The Balaban J connectivity index is 1.33. The van der Waals surface area contributed by atoms with Crippen molar-refractivity contribution < 1.29 is 23.9 Å². The van der Waals surface area contributed by atoms with E-state index in [2.05, 4.69) is 20.4 Å². The number of nitrogens with two attached hydrogens (primary N) is 2. The van der Waals surface area contributed by atoms with Crippen LogP contribution >= 0.6 is 0 Å². The van der Waals surface area contributed by atoms with Crippen LogP contribution in [0.25, 0.3) is 44.5 Å². The highest BCUT2D eigenvalue weighted by atomic mass is 16.5. The van der Waals surface area contributed by atoms with Gasteiger partial charge in [0.1, 0.15) is 34.1 Å². The minimum atomic E-state index is -0.636. The van der Waals surface area contributed by atoms with Gasteiger partial charge in [-0.15, -0.1) is 0 Å². The highest BCUT2D eigenvalue weighted by Crippen LogP contribution is 2.37. The molecule has 18 heteroatoms. The maximum Gasteiger partial charge on any atom is 0.276 e. The molecule has 0 aliphatic carbocycles. The summed E-state index contributed by atoms with van der Waals surface area (Å²) in [5.41, 5.74) is 17.0. The molecule has 2 aromatic carbocycles. The molecule has 60 heavy (non-hydrogen) atoms. The number of primary amides is 2. The number of rotatable bonds is 17. The van der Waals surface area contributed by atoms with Gasteiger partial charge in [-0.1, -0.05) is 12.2 Å². The second-order valence-electron chi connectivity index (χ2n) is 14.6. The number of ether oxygens (including phenoxy) is 2. The maximum atomic E-state index is 13.8. The van der Waals surface area contributed by atoms with E-state index in [4.69, 9.17) is 35.9 Å². The SMILES string of the molecule is CCn1nc(C)cc1C(=O)Nc1nc2cc(C(N)=O)cc(OCCCN(C)C)c2n1C/C=C/Cn1c2nc(-c3cc(C)nn3CC)ncc2c2cc(C(N)=O)cc(OC)c21. The quantitative estimate of drug-likeness (QED) is 0.0845. The average Bonchev–Trinajstić information content (AvgIpc) is 3.98. The Labute approximate surface area is 345 Å². The number of anilines is 1. The van der Waals surface area contributed by atoms with Crippen molar-refractivity contribution in [2.75, 3.05) is 39.7 Å². The zero-order chi connectivity index (χ0) is 42.8. The Bertz CT molecular complexity index is 2810. The van der Waals surface area contributed by atoms with E-state index in [9.17, 15) is 14.4 Å². The van der Waals surface area contributed by atoms with E-state index in [0.717, 1.165) is 24.4 Å². The second-order valence-corrected chi connectivity index (χ2v) is 14.6. The van der Waals surface area contributed by atoms with Crippen molar-refractivity contribution in [1.29, 1.82) is 0 Å². The number of carbonyl (C=O) groups is 3. The molecule has 0 fully saturated rings. The van der Waals surface area contributed by atoms with Crippen LogP contribution in [0.1, 0.15) is 62.9 Å². The molecular weight excluding hydrogens is 767 g/mol. The third-order valence-corrected chi connectivity index (χ3v) is 10.1. The number of fused-ring (bicyclic) bond motifs is 4. The van der Waals surface area contributed by atoms with E-state index in [1.165, 1.54) is 7.11 Å². The van der Waals surface area contributed by atoms with Gasteiger partial charge in [0.2, 0.25) is 17.8 Å².